The molecule has 0 unspecified atom stereocenters. The van der Waals surface area contributed by atoms with Crippen molar-refractivity contribution in [2.24, 2.45) is 0 Å². The Balaban J connectivity index is 2.20. The van der Waals surface area contributed by atoms with Gasteiger partial charge in [-0.3, -0.25) is 0 Å². The molecular formula is C10H13N3O. The summed E-state index contributed by atoms with van der Waals surface area (Å²) in [4.78, 5) is 6.28. The van der Waals surface area contributed by atoms with Crippen LogP contribution in [0.2, 0.25) is 0 Å². The molecular weight excluding hydrogens is 178 g/mol. The lowest BCUT2D eigenvalue weighted by Crippen LogP contribution is -2.34. The van der Waals surface area contributed by atoms with Crippen LogP contribution in [0.4, 0.5) is 11.5 Å². The number of pyridine rings is 1. The first-order valence-corrected chi connectivity index (χ1v) is 4.52. The second-order valence-corrected chi connectivity index (χ2v) is 3.22. The molecule has 4 nitrogen and oxygen atoms in total. The van der Waals surface area contributed by atoms with Crippen molar-refractivity contribution in [1.82, 2.24) is 4.98 Å². The standard InChI is InChI=1S/C10H13N3O/c1-8-7-14-5-4-13(8)10-3-2-9(11)6-12-10/h2-3,6H,1,4-5,7,11H2. The van der Waals surface area contributed by atoms with Crippen LogP contribution in [-0.4, -0.2) is 24.7 Å². The number of aromatic nitrogens is 1. The highest BCUT2D eigenvalue weighted by Gasteiger charge is 2.15. The van der Waals surface area contributed by atoms with E-state index in [1.165, 1.54) is 0 Å². The molecule has 1 saturated heterocycles. The van der Waals surface area contributed by atoms with E-state index in [1.807, 2.05) is 17.0 Å². The predicted octanol–water partition coefficient (Wildman–Crippen LogP) is 1.01. The maximum Gasteiger partial charge on any atom is 0.132 e. The molecule has 4 heteroatoms. The van der Waals surface area contributed by atoms with Gasteiger partial charge in [-0.05, 0) is 12.1 Å². The molecule has 0 aliphatic carbocycles. The van der Waals surface area contributed by atoms with Crippen molar-refractivity contribution >= 4 is 11.5 Å². The molecule has 2 heterocycles. The quantitative estimate of drug-likeness (QED) is 0.720. The summed E-state index contributed by atoms with van der Waals surface area (Å²) in [7, 11) is 0. The number of hydrogen-bond acceptors (Lipinski definition) is 4. The minimum absolute atomic E-state index is 0.575. The van der Waals surface area contributed by atoms with Crippen molar-refractivity contribution in [3.8, 4) is 0 Å². The molecule has 1 fully saturated rings. The van der Waals surface area contributed by atoms with Gasteiger partial charge in [0.2, 0.25) is 0 Å². The largest absolute Gasteiger partial charge is 0.397 e. The van der Waals surface area contributed by atoms with Crippen LogP contribution >= 0.6 is 0 Å². The van der Waals surface area contributed by atoms with Crippen molar-refractivity contribution < 1.29 is 4.74 Å². The fourth-order valence-corrected chi connectivity index (χ4v) is 1.42. The number of nitrogens with two attached hydrogens (primary N) is 1. The molecule has 1 aliphatic rings. The lowest BCUT2D eigenvalue weighted by Gasteiger charge is -2.29. The minimum atomic E-state index is 0.575. The SMILES string of the molecule is C=C1COCCN1c1ccc(N)cn1. The Morgan fingerprint density at radius 1 is 1.50 bits per heavy atom. The molecule has 1 aromatic rings. The topological polar surface area (TPSA) is 51.4 Å². The monoisotopic (exact) mass is 191 g/mol. The van der Waals surface area contributed by atoms with Crippen LogP contribution in [0.1, 0.15) is 0 Å². The summed E-state index contributed by atoms with van der Waals surface area (Å²) in [6.45, 7) is 6.01. The van der Waals surface area contributed by atoms with Crippen LogP contribution in [0.15, 0.2) is 30.6 Å². The normalized spacial score (nSPS) is 17.1. The molecule has 2 N–H and O–H groups in total. The molecule has 0 aromatic carbocycles. The summed E-state index contributed by atoms with van der Waals surface area (Å²) in [5.74, 6) is 0.882. The van der Waals surface area contributed by atoms with E-state index in [4.69, 9.17) is 10.5 Å². The summed E-state index contributed by atoms with van der Waals surface area (Å²) in [6.07, 6.45) is 1.65. The second-order valence-electron chi connectivity index (χ2n) is 3.22. The van der Waals surface area contributed by atoms with E-state index in [0.717, 1.165) is 18.1 Å². The second kappa shape index (κ2) is 3.67. The van der Waals surface area contributed by atoms with E-state index in [-0.39, 0.29) is 0 Å². The Morgan fingerprint density at radius 3 is 3.00 bits per heavy atom. The fraction of sp³-hybridized carbons (Fsp3) is 0.300. The summed E-state index contributed by atoms with van der Waals surface area (Å²) in [5.41, 5.74) is 7.17. The number of hydrogen-bond donors (Lipinski definition) is 1. The number of ether oxygens (including phenoxy) is 1. The van der Waals surface area contributed by atoms with Crippen LogP contribution in [-0.2, 0) is 4.74 Å². The molecule has 0 spiro atoms. The number of nitrogens with zero attached hydrogens (tertiary/aromatic N) is 2. The Morgan fingerprint density at radius 2 is 2.36 bits per heavy atom. The van der Waals surface area contributed by atoms with E-state index >= 15 is 0 Å². The summed E-state index contributed by atoms with van der Waals surface area (Å²) < 4.78 is 5.26. The van der Waals surface area contributed by atoms with Gasteiger partial charge < -0.3 is 15.4 Å². The molecule has 0 bridgehead atoms. The summed E-state index contributed by atoms with van der Waals surface area (Å²) in [5, 5.41) is 0. The van der Waals surface area contributed by atoms with Crippen LogP contribution < -0.4 is 10.6 Å². The molecule has 1 aromatic heterocycles. The van der Waals surface area contributed by atoms with Crippen LogP contribution in [0, 0.1) is 0 Å². The van der Waals surface area contributed by atoms with Gasteiger partial charge in [-0.1, -0.05) is 6.58 Å². The van der Waals surface area contributed by atoms with Crippen molar-refractivity contribution in [3.05, 3.63) is 30.6 Å². The van der Waals surface area contributed by atoms with E-state index in [2.05, 4.69) is 11.6 Å². The average molecular weight is 191 g/mol. The van der Waals surface area contributed by atoms with Gasteiger partial charge in [0.1, 0.15) is 5.82 Å². The third-order valence-electron chi connectivity index (χ3n) is 2.16. The van der Waals surface area contributed by atoms with Gasteiger partial charge in [0, 0.05) is 12.2 Å². The molecule has 0 amide bonds. The number of nitrogen functional groups attached to an aromatic ring is 1. The zero-order chi connectivity index (χ0) is 9.97. The van der Waals surface area contributed by atoms with Gasteiger partial charge in [0.05, 0.1) is 25.1 Å². The molecule has 0 radical (unpaired) electrons. The highest BCUT2D eigenvalue weighted by molar-refractivity contribution is 5.50. The number of morpholine rings is 1. The van der Waals surface area contributed by atoms with Crippen LogP contribution in [0.3, 0.4) is 0 Å². The van der Waals surface area contributed by atoms with Crippen molar-refractivity contribution in [2.45, 2.75) is 0 Å². The van der Waals surface area contributed by atoms with Crippen LogP contribution in [0.25, 0.3) is 0 Å². The third-order valence-corrected chi connectivity index (χ3v) is 2.16. The van der Waals surface area contributed by atoms with Gasteiger partial charge in [0.25, 0.3) is 0 Å². The molecule has 2 rings (SSSR count). The van der Waals surface area contributed by atoms with Gasteiger partial charge in [0.15, 0.2) is 0 Å². The first-order chi connectivity index (χ1) is 6.77. The molecule has 1 aliphatic heterocycles. The Bertz CT molecular complexity index is 334. The smallest absolute Gasteiger partial charge is 0.132 e. The Hall–Kier alpha value is -1.55. The van der Waals surface area contributed by atoms with Crippen molar-refractivity contribution in [2.75, 3.05) is 30.4 Å². The maximum atomic E-state index is 5.56. The summed E-state index contributed by atoms with van der Waals surface area (Å²) in [6, 6.07) is 3.73. The first kappa shape index (κ1) is 9.02. The van der Waals surface area contributed by atoms with Gasteiger partial charge >= 0.3 is 0 Å². The first-order valence-electron chi connectivity index (χ1n) is 4.52. The number of rotatable bonds is 1. The molecule has 74 valence electrons. The Kier molecular flexibility index (Phi) is 2.37. The number of anilines is 2. The average Bonchev–Trinajstić information content (AvgIpc) is 2.20. The molecule has 0 saturated carbocycles. The lowest BCUT2D eigenvalue weighted by atomic mass is 10.3. The van der Waals surface area contributed by atoms with Crippen molar-refractivity contribution in [1.29, 1.82) is 0 Å². The molecule has 0 atom stereocenters. The highest BCUT2D eigenvalue weighted by atomic mass is 16.5. The fourth-order valence-electron chi connectivity index (χ4n) is 1.42. The van der Waals surface area contributed by atoms with Gasteiger partial charge in [-0.25, -0.2) is 4.98 Å². The Labute approximate surface area is 83.0 Å². The maximum absolute atomic E-state index is 5.56. The van der Waals surface area contributed by atoms with E-state index in [9.17, 15) is 0 Å². The highest BCUT2D eigenvalue weighted by Crippen LogP contribution is 2.18. The van der Waals surface area contributed by atoms with Gasteiger partial charge in [-0.15, -0.1) is 0 Å². The zero-order valence-corrected chi connectivity index (χ0v) is 7.94. The van der Waals surface area contributed by atoms with Crippen LogP contribution in [0.5, 0.6) is 0 Å². The lowest BCUT2D eigenvalue weighted by molar-refractivity contribution is 0.143. The van der Waals surface area contributed by atoms with E-state index in [0.29, 0.717) is 18.9 Å². The minimum Gasteiger partial charge on any atom is -0.397 e. The predicted molar refractivity (Wildman–Crippen MR) is 56.0 cm³/mol. The summed E-state index contributed by atoms with van der Waals surface area (Å²) >= 11 is 0. The van der Waals surface area contributed by atoms with Crippen molar-refractivity contribution in [3.63, 3.8) is 0 Å². The van der Waals surface area contributed by atoms with E-state index < -0.39 is 0 Å². The zero-order valence-electron chi connectivity index (χ0n) is 7.94. The molecule has 14 heavy (non-hydrogen) atoms. The van der Waals surface area contributed by atoms with E-state index in [1.54, 1.807) is 6.20 Å². The van der Waals surface area contributed by atoms with Gasteiger partial charge in [-0.2, -0.15) is 0 Å². The third kappa shape index (κ3) is 1.70.